The van der Waals surface area contributed by atoms with E-state index in [0.717, 1.165) is 18.5 Å². The van der Waals surface area contributed by atoms with E-state index in [-0.39, 0.29) is 11.3 Å². The van der Waals surface area contributed by atoms with E-state index in [2.05, 4.69) is 26.1 Å². The zero-order chi connectivity index (χ0) is 14.8. The van der Waals surface area contributed by atoms with Crippen LogP contribution in [0.1, 0.15) is 32.8 Å². The molecule has 1 aromatic carbocycles. The molecule has 1 aliphatic heterocycles. The molecule has 0 spiro atoms. The van der Waals surface area contributed by atoms with Crippen molar-refractivity contribution >= 4 is 29.3 Å². The second-order valence-electron chi connectivity index (χ2n) is 6.16. The van der Waals surface area contributed by atoms with E-state index in [0.29, 0.717) is 10.8 Å². The third kappa shape index (κ3) is 3.67. The van der Waals surface area contributed by atoms with Crippen LogP contribution in [0.5, 0.6) is 0 Å². The van der Waals surface area contributed by atoms with E-state index in [1.165, 1.54) is 0 Å². The summed E-state index contributed by atoms with van der Waals surface area (Å²) in [6.45, 7) is 7.30. The van der Waals surface area contributed by atoms with Crippen molar-refractivity contribution in [3.8, 4) is 0 Å². The van der Waals surface area contributed by atoms with Crippen LogP contribution in [0.25, 0.3) is 6.08 Å². The van der Waals surface area contributed by atoms with Crippen molar-refractivity contribution < 1.29 is 4.79 Å². The number of benzene rings is 1. The van der Waals surface area contributed by atoms with Gasteiger partial charge in [0, 0.05) is 6.54 Å². The lowest BCUT2D eigenvalue weighted by molar-refractivity contribution is -0.115. The highest BCUT2D eigenvalue weighted by Gasteiger charge is 2.30. The Morgan fingerprint density at radius 1 is 1.25 bits per heavy atom. The van der Waals surface area contributed by atoms with Gasteiger partial charge in [0.1, 0.15) is 5.70 Å². The number of hydrogen-bond acceptors (Lipinski definition) is 2. The predicted molar refractivity (Wildman–Crippen MR) is 85.9 cm³/mol. The van der Waals surface area contributed by atoms with Gasteiger partial charge < -0.3 is 4.90 Å². The summed E-state index contributed by atoms with van der Waals surface area (Å²) in [5.41, 5.74) is 1.84. The number of amides is 1. The molecule has 1 N–H and O–H groups in total. The van der Waals surface area contributed by atoms with Crippen LogP contribution in [0.4, 0.5) is 0 Å². The highest BCUT2D eigenvalue weighted by molar-refractivity contribution is 7.80. The summed E-state index contributed by atoms with van der Waals surface area (Å²) in [6, 6.07) is 9.82. The van der Waals surface area contributed by atoms with Crippen LogP contribution in [0, 0.1) is 5.41 Å². The Hall–Kier alpha value is -1.68. The Bertz CT molecular complexity index is 543. The van der Waals surface area contributed by atoms with Gasteiger partial charge in [-0.25, -0.2) is 0 Å². The van der Waals surface area contributed by atoms with Gasteiger partial charge in [0.05, 0.1) is 0 Å². The fourth-order valence-corrected chi connectivity index (χ4v) is 2.26. The number of thiocarbonyl (C=S) groups is 1. The fourth-order valence-electron chi connectivity index (χ4n) is 1.98. The van der Waals surface area contributed by atoms with E-state index < -0.39 is 0 Å². The van der Waals surface area contributed by atoms with E-state index in [9.17, 15) is 4.79 Å². The molecule has 0 aliphatic carbocycles. The molecule has 20 heavy (non-hydrogen) atoms. The van der Waals surface area contributed by atoms with Crippen LogP contribution >= 0.6 is 12.2 Å². The van der Waals surface area contributed by atoms with Crippen LogP contribution in [0.15, 0.2) is 36.0 Å². The molecule has 1 heterocycles. The first-order chi connectivity index (χ1) is 9.37. The molecule has 0 saturated carbocycles. The molecule has 2 rings (SSSR count). The number of nitrogens with zero attached hydrogens (tertiary/aromatic N) is 1. The largest absolute Gasteiger partial charge is 0.314 e. The quantitative estimate of drug-likeness (QED) is 0.685. The molecule has 0 atom stereocenters. The van der Waals surface area contributed by atoms with E-state index in [1.54, 1.807) is 0 Å². The standard InChI is InChI=1S/C16H20N2OS/c1-16(2,3)9-10-18-13(14(19)17-15(18)20)11-12-7-5-4-6-8-12/h4-8,11H,9-10H2,1-3H3,(H,17,19,20)/b13-11+. The normalized spacial score (nSPS) is 17.8. The van der Waals surface area contributed by atoms with Crippen molar-refractivity contribution in [1.29, 1.82) is 0 Å². The van der Waals surface area contributed by atoms with Crippen LogP contribution in [-0.4, -0.2) is 22.5 Å². The molecule has 1 saturated heterocycles. The molecule has 3 nitrogen and oxygen atoms in total. The average Bonchev–Trinajstić information content (AvgIpc) is 2.62. The average molecular weight is 288 g/mol. The van der Waals surface area contributed by atoms with Crippen LogP contribution < -0.4 is 5.32 Å². The molecule has 0 aromatic heterocycles. The number of carbonyl (C=O) groups excluding carboxylic acids is 1. The van der Waals surface area contributed by atoms with E-state index >= 15 is 0 Å². The van der Waals surface area contributed by atoms with Gasteiger partial charge in [-0.15, -0.1) is 0 Å². The molecular weight excluding hydrogens is 268 g/mol. The monoisotopic (exact) mass is 288 g/mol. The Kier molecular flexibility index (Phi) is 4.23. The van der Waals surface area contributed by atoms with Gasteiger partial charge in [0.15, 0.2) is 5.11 Å². The lowest BCUT2D eigenvalue weighted by atomic mass is 9.92. The van der Waals surface area contributed by atoms with Crippen molar-refractivity contribution in [3.05, 3.63) is 41.6 Å². The van der Waals surface area contributed by atoms with Crippen molar-refractivity contribution in [2.45, 2.75) is 27.2 Å². The van der Waals surface area contributed by atoms with Gasteiger partial charge in [0.25, 0.3) is 5.91 Å². The summed E-state index contributed by atoms with van der Waals surface area (Å²) in [5.74, 6) is -0.118. The third-order valence-electron chi connectivity index (χ3n) is 3.18. The smallest absolute Gasteiger partial charge is 0.274 e. The summed E-state index contributed by atoms with van der Waals surface area (Å²) < 4.78 is 0. The number of hydrogen-bond donors (Lipinski definition) is 1. The maximum atomic E-state index is 12.0. The Balaban J connectivity index is 2.22. The maximum Gasteiger partial charge on any atom is 0.274 e. The first kappa shape index (κ1) is 14.7. The molecule has 1 fully saturated rings. The Morgan fingerprint density at radius 3 is 2.50 bits per heavy atom. The minimum Gasteiger partial charge on any atom is -0.314 e. The minimum absolute atomic E-state index is 0.118. The number of nitrogens with one attached hydrogen (secondary N) is 1. The summed E-state index contributed by atoms with van der Waals surface area (Å²) in [5, 5.41) is 3.22. The Morgan fingerprint density at radius 2 is 1.90 bits per heavy atom. The first-order valence-electron chi connectivity index (χ1n) is 6.76. The molecule has 0 radical (unpaired) electrons. The van der Waals surface area contributed by atoms with Crippen LogP contribution in [-0.2, 0) is 4.79 Å². The van der Waals surface area contributed by atoms with E-state index in [1.807, 2.05) is 41.3 Å². The predicted octanol–water partition coefficient (Wildman–Crippen LogP) is 3.18. The first-order valence-corrected chi connectivity index (χ1v) is 7.17. The second-order valence-corrected chi connectivity index (χ2v) is 6.55. The minimum atomic E-state index is -0.118. The van der Waals surface area contributed by atoms with Gasteiger partial charge in [-0.3, -0.25) is 10.1 Å². The zero-order valence-electron chi connectivity index (χ0n) is 12.1. The van der Waals surface area contributed by atoms with Crippen LogP contribution in [0.2, 0.25) is 0 Å². The summed E-state index contributed by atoms with van der Waals surface area (Å²) in [6.07, 6.45) is 2.85. The molecule has 4 heteroatoms. The third-order valence-corrected chi connectivity index (χ3v) is 3.50. The van der Waals surface area contributed by atoms with E-state index in [4.69, 9.17) is 12.2 Å². The van der Waals surface area contributed by atoms with Crippen LogP contribution in [0.3, 0.4) is 0 Å². The molecule has 0 bridgehead atoms. The SMILES string of the molecule is CC(C)(C)CCN1C(=S)NC(=O)/C1=C\c1ccccc1. The maximum absolute atomic E-state index is 12.0. The lowest BCUT2D eigenvalue weighted by Gasteiger charge is -2.24. The highest BCUT2D eigenvalue weighted by atomic mass is 32.1. The van der Waals surface area contributed by atoms with Crippen molar-refractivity contribution in [3.63, 3.8) is 0 Å². The molecular formula is C16H20N2OS. The lowest BCUT2D eigenvalue weighted by Crippen LogP contribution is -2.30. The summed E-state index contributed by atoms with van der Waals surface area (Å²) in [7, 11) is 0. The van der Waals surface area contributed by atoms with Crippen molar-refractivity contribution in [2.75, 3.05) is 6.54 Å². The number of carbonyl (C=O) groups is 1. The van der Waals surface area contributed by atoms with Crippen molar-refractivity contribution in [2.24, 2.45) is 5.41 Å². The fraction of sp³-hybridized carbons (Fsp3) is 0.375. The Labute approximate surface area is 125 Å². The van der Waals surface area contributed by atoms with Gasteiger partial charge >= 0.3 is 0 Å². The molecule has 106 valence electrons. The summed E-state index contributed by atoms with van der Waals surface area (Å²) in [4.78, 5) is 13.9. The topological polar surface area (TPSA) is 32.3 Å². The molecule has 1 amide bonds. The van der Waals surface area contributed by atoms with Gasteiger partial charge in [-0.05, 0) is 35.7 Å². The second kappa shape index (κ2) is 5.75. The van der Waals surface area contributed by atoms with Crippen molar-refractivity contribution in [1.82, 2.24) is 10.2 Å². The summed E-state index contributed by atoms with van der Waals surface area (Å²) >= 11 is 5.25. The molecule has 1 aliphatic rings. The van der Waals surface area contributed by atoms with Gasteiger partial charge in [0.2, 0.25) is 0 Å². The number of rotatable bonds is 3. The van der Waals surface area contributed by atoms with Gasteiger partial charge in [-0.1, -0.05) is 51.1 Å². The molecule has 0 unspecified atom stereocenters. The highest BCUT2D eigenvalue weighted by Crippen LogP contribution is 2.23. The zero-order valence-corrected chi connectivity index (χ0v) is 13.0. The van der Waals surface area contributed by atoms with Gasteiger partial charge in [-0.2, -0.15) is 0 Å². The molecule has 1 aromatic rings.